The smallest absolute Gasteiger partial charge is 0.307 e. The first-order chi connectivity index (χ1) is 13.7. The molecule has 3 aromatic rings. The molecule has 1 aromatic heterocycles. The van der Waals surface area contributed by atoms with E-state index in [0.717, 1.165) is 30.6 Å². The molecular formula is C24H22N2O2. The van der Waals surface area contributed by atoms with Gasteiger partial charge in [-0.1, -0.05) is 54.6 Å². The molecule has 1 heterocycles. The van der Waals surface area contributed by atoms with Gasteiger partial charge in [-0.05, 0) is 59.1 Å². The highest BCUT2D eigenvalue weighted by molar-refractivity contribution is 5.75. The molecule has 2 aliphatic rings. The molecule has 4 nitrogen and oxygen atoms in total. The third-order valence-electron chi connectivity index (χ3n) is 6.00. The average molecular weight is 370 g/mol. The molecule has 1 saturated carbocycles. The van der Waals surface area contributed by atoms with Crippen LogP contribution in [0.3, 0.4) is 0 Å². The van der Waals surface area contributed by atoms with Crippen LogP contribution in [0, 0.1) is 5.92 Å². The highest BCUT2D eigenvalue weighted by atomic mass is 16.4. The zero-order valence-electron chi connectivity index (χ0n) is 15.5. The Kier molecular flexibility index (Phi) is 4.12. The van der Waals surface area contributed by atoms with Gasteiger partial charge in [-0.15, -0.1) is 0 Å². The summed E-state index contributed by atoms with van der Waals surface area (Å²) in [5, 5.41) is 12.7. The van der Waals surface area contributed by atoms with E-state index in [9.17, 15) is 4.79 Å². The van der Waals surface area contributed by atoms with Crippen molar-refractivity contribution >= 4 is 11.8 Å². The monoisotopic (exact) mass is 370 g/mol. The Morgan fingerprint density at radius 3 is 2.61 bits per heavy atom. The van der Waals surface area contributed by atoms with Gasteiger partial charge in [0.25, 0.3) is 0 Å². The Morgan fingerprint density at radius 2 is 1.89 bits per heavy atom. The molecule has 2 N–H and O–H groups in total. The summed E-state index contributed by atoms with van der Waals surface area (Å²) in [5.41, 5.74) is 6.38. The number of fused-ring (bicyclic) bond motifs is 1. The first kappa shape index (κ1) is 17.0. The largest absolute Gasteiger partial charge is 0.481 e. The van der Waals surface area contributed by atoms with Gasteiger partial charge in [0.2, 0.25) is 0 Å². The molecule has 3 atom stereocenters. The molecule has 0 radical (unpaired) electrons. The predicted molar refractivity (Wildman–Crippen MR) is 109 cm³/mol. The number of hydrogen-bond donors (Lipinski definition) is 2. The summed E-state index contributed by atoms with van der Waals surface area (Å²) >= 11 is 0. The van der Waals surface area contributed by atoms with E-state index in [1.54, 1.807) is 0 Å². The third kappa shape index (κ3) is 3.05. The molecule has 0 saturated heterocycles. The molecular weight excluding hydrogens is 348 g/mol. The second kappa shape index (κ2) is 6.79. The van der Waals surface area contributed by atoms with Crippen LogP contribution in [0.2, 0.25) is 0 Å². The number of nitrogens with one attached hydrogen (secondary N) is 1. The minimum absolute atomic E-state index is 0.125. The highest BCUT2D eigenvalue weighted by Crippen LogP contribution is 2.47. The Balaban J connectivity index is 1.34. The Labute approximate surface area is 164 Å². The Hall–Kier alpha value is -3.14. The summed E-state index contributed by atoms with van der Waals surface area (Å²) in [7, 11) is 0. The molecule has 5 rings (SSSR count). The predicted octanol–water partition coefficient (Wildman–Crippen LogP) is 5.04. The number of carbonyl (C=O) groups is 1. The molecule has 28 heavy (non-hydrogen) atoms. The fourth-order valence-corrected chi connectivity index (χ4v) is 4.42. The maximum Gasteiger partial charge on any atom is 0.307 e. The van der Waals surface area contributed by atoms with E-state index in [0.29, 0.717) is 0 Å². The second-order valence-electron chi connectivity index (χ2n) is 7.74. The first-order valence-corrected chi connectivity index (χ1v) is 9.83. The summed E-state index contributed by atoms with van der Waals surface area (Å²) < 4.78 is 0. The number of carboxylic acid groups (broad SMARTS) is 1. The summed E-state index contributed by atoms with van der Waals surface area (Å²) in [6, 6.07) is 21.3. The fourth-order valence-electron chi connectivity index (χ4n) is 4.42. The average Bonchev–Trinajstić information content (AvgIpc) is 3.44. The number of benzene rings is 2. The minimum Gasteiger partial charge on any atom is -0.481 e. The van der Waals surface area contributed by atoms with Crippen LogP contribution in [0.25, 0.3) is 11.1 Å². The molecule has 140 valence electrons. The van der Waals surface area contributed by atoms with Crippen molar-refractivity contribution < 1.29 is 9.90 Å². The van der Waals surface area contributed by atoms with Crippen molar-refractivity contribution in [2.75, 3.05) is 5.32 Å². The number of anilines is 1. The zero-order valence-corrected chi connectivity index (χ0v) is 15.5. The van der Waals surface area contributed by atoms with Gasteiger partial charge in [-0.3, -0.25) is 4.79 Å². The van der Waals surface area contributed by atoms with Gasteiger partial charge >= 0.3 is 5.97 Å². The SMILES string of the molecule is O=C(O)C1CC1c1ccc(NC2CCc3c(-c4ccccc4)cccc32)nc1. The highest BCUT2D eigenvalue weighted by Gasteiger charge is 2.44. The Bertz CT molecular complexity index is 1010. The minimum atomic E-state index is -0.705. The number of hydrogen-bond acceptors (Lipinski definition) is 3. The lowest BCUT2D eigenvalue weighted by Gasteiger charge is -2.16. The second-order valence-corrected chi connectivity index (χ2v) is 7.74. The van der Waals surface area contributed by atoms with Crippen LogP contribution in [0.15, 0.2) is 66.9 Å². The standard InChI is InChI=1S/C24H22N2O2/c27-24(28)21-13-20(21)16-9-12-23(25-14-16)26-22-11-10-18-17(7-4-8-19(18)22)15-5-2-1-3-6-15/h1-9,12,14,20-22H,10-11,13H2,(H,25,26)(H,27,28). The van der Waals surface area contributed by atoms with Crippen LogP contribution in [0.1, 0.15) is 41.5 Å². The number of rotatable bonds is 5. The van der Waals surface area contributed by atoms with Crippen LogP contribution in [-0.2, 0) is 11.2 Å². The van der Waals surface area contributed by atoms with Crippen molar-refractivity contribution in [2.24, 2.45) is 5.92 Å². The van der Waals surface area contributed by atoms with Gasteiger partial charge in [0.05, 0.1) is 12.0 Å². The summed E-state index contributed by atoms with van der Waals surface area (Å²) in [6.45, 7) is 0. The van der Waals surface area contributed by atoms with Crippen LogP contribution in [0.5, 0.6) is 0 Å². The number of carboxylic acids is 1. The molecule has 0 amide bonds. The first-order valence-electron chi connectivity index (χ1n) is 9.83. The van der Waals surface area contributed by atoms with Crippen molar-refractivity contribution in [3.63, 3.8) is 0 Å². The van der Waals surface area contributed by atoms with Crippen LogP contribution in [-0.4, -0.2) is 16.1 Å². The molecule has 0 aliphatic heterocycles. The summed E-state index contributed by atoms with van der Waals surface area (Å²) in [4.78, 5) is 15.6. The van der Waals surface area contributed by atoms with Crippen LogP contribution < -0.4 is 5.32 Å². The number of nitrogens with zero attached hydrogens (tertiary/aromatic N) is 1. The summed E-state index contributed by atoms with van der Waals surface area (Å²) in [6.07, 6.45) is 4.65. The van der Waals surface area contributed by atoms with Gasteiger partial charge in [0.15, 0.2) is 0 Å². The van der Waals surface area contributed by atoms with Gasteiger partial charge < -0.3 is 10.4 Å². The lowest BCUT2D eigenvalue weighted by molar-refractivity contribution is -0.138. The molecule has 0 bridgehead atoms. The van der Waals surface area contributed by atoms with Crippen LogP contribution >= 0.6 is 0 Å². The van der Waals surface area contributed by atoms with Crippen LogP contribution in [0.4, 0.5) is 5.82 Å². The van der Waals surface area contributed by atoms with Crippen molar-refractivity contribution in [2.45, 2.75) is 31.2 Å². The van der Waals surface area contributed by atoms with Gasteiger partial charge in [0, 0.05) is 6.20 Å². The van der Waals surface area contributed by atoms with Gasteiger partial charge in [-0.25, -0.2) is 4.98 Å². The summed E-state index contributed by atoms with van der Waals surface area (Å²) in [5.74, 6) is 0.0293. The lowest BCUT2D eigenvalue weighted by Crippen LogP contribution is -2.08. The maximum absolute atomic E-state index is 11.1. The number of pyridine rings is 1. The zero-order chi connectivity index (χ0) is 19.1. The maximum atomic E-state index is 11.1. The normalized spacial score (nSPS) is 22.5. The van der Waals surface area contributed by atoms with Crippen molar-refractivity contribution in [3.05, 3.63) is 83.6 Å². The van der Waals surface area contributed by atoms with Gasteiger partial charge in [-0.2, -0.15) is 0 Å². The quantitative estimate of drug-likeness (QED) is 0.661. The molecule has 3 unspecified atom stereocenters. The lowest BCUT2D eigenvalue weighted by atomic mass is 9.96. The van der Waals surface area contributed by atoms with Crippen molar-refractivity contribution in [1.29, 1.82) is 0 Å². The number of aromatic nitrogens is 1. The molecule has 2 aliphatic carbocycles. The Morgan fingerprint density at radius 1 is 1.04 bits per heavy atom. The fraction of sp³-hybridized carbons (Fsp3) is 0.250. The van der Waals surface area contributed by atoms with E-state index >= 15 is 0 Å². The molecule has 2 aromatic carbocycles. The molecule has 0 spiro atoms. The van der Waals surface area contributed by atoms with Crippen molar-refractivity contribution in [3.8, 4) is 11.1 Å². The molecule has 1 fully saturated rings. The van der Waals surface area contributed by atoms with E-state index < -0.39 is 5.97 Å². The molecule has 4 heteroatoms. The van der Waals surface area contributed by atoms with E-state index in [-0.39, 0.29) is 17.9 Å². The van der Waals surface area contributed by atoms with Gasteiger partial charge in [0.1, 0.15) is 5.82 Å². The van der Waals surface area contributed by atoms with E-state index in [4.69, 9.17) is 5.11 Å². The van der Waals surface area contributed by atoms with E-state index in [2.05, 4.69) is 52.8 Å². The van der Waals surface area contributed by atoms with E-state index in [1.807, 2.05) is 24.4 Å². The van der Waals surface area contributed by atoms with E-state index in [1.165, 1.54) is 22.3 Å². The van der Waals surface area contributed by atoms with Crippen molar-refractivity contribution in [1.82, 2.24) is 4.98 Å². The topological polar surface area (TPSA) is 62.2 Å². The number of aliphatic carboxylic acids is 1. The third-order valence-corrected chi connectivity index (χ3v) is 6.00.